The molecule has 0 saturated carbocycles. The van der Waals surface area contributed by atoms with Crippen molar-refractivity contribution in [2.45, 2.75) is 0 Å². The Morgan fingerprint density at radius 2 is 1.78 bits per heavy atom. The first-order chi connectivity index (χ1) is 4.30. The number of carbonyl (C=O) groups is 1. The summed E-state index contributed by atoms with van der Waals surface area (Å²) >= 11 is 0.807. The molecule has 1 aromatic rings. The van der Waals surface area contributed by atoms with E-state index in [0.717, 1.165) is 30.3 Å². The first-order valence-corrected chi connectivity index (χ1v) is 4.33. The monoisotopic (exact) mass is 314 g/mol. The van der Waals surface area contributed by atoms with Crippen LogP contribution in [0, 0.1) is 0 Å². The summed E-state index contributed by atoms with van der Waals surface area (Å²) in [5, 5.41) is 0. The summed E-state index contributed by atoms with van der Waals surface area (Å²) in [5.74, 6) is 0. The normalized spacial score (nSPS) is 9.00. The van der Waals surface area contributed by atoms with Crippen LogP contribution >= 0.6 is 0 Å². The van der Waals surface area contributed by atoms with Gasteiger partial charge in [0.05, 0.1) is 0 Å². The molecule has 1 aromatic carbocycles. The van der Waals surface area contributed by atoms with Crippen LogP contribution in [-0.2, 0) is 0 Å². The van der Waals surface area contributed by atoms with E-state index in [-0.39, 0.29) is 3.49 Å². The molecule has 0 bridgehead atoms. The van der Waals surface area contributed by atoms with Crippen molar-refractivity contribution >= 4 is 28.2 Å². The zero-order chi connectivity index (χ0) is 6.69. The summed E-state index contributed by atoms with van der Waals surface area (Å²) in [6, 6.07) is 9.33. The van der Waals surface area contributed by atoms with E-state index in [1.54, 1.807) is 0 Å². The molecular weight excluding hydrogens is 309 g/mol. The van der Waals surface area contributed by atoms with Crippen LogP contribution in [0.3, 0.4) is 0 Å². The molecule has 0 amide bonds. The van der Waals surface area contributed by atoms with Gasteiger partial charge in [0.25, 0.3) is 0 Å². The van der Waals surface area contributed by atoms with E-state index in [1.807, 2.05) is 30.3 Å². The summed E-state index contributed by atoms with van der Waals surface area (Å²) in [7, 11) is 0. The summed E-state index contributed by atoms with van der Waals surface area (Å²) in [6.45, 7) is 0. The van der Waals surface area contributed by atoms with Crippen molar-refractivity contribution in [1.29, 1.82) is 0 Å². The second-order valence-electron chi connectivity index (χ2n) is 1.67. The second kappa shape index (κ2) is 3.07. The molecule has 2 heteroatoms. The minimum absolute atomic E-state index is 0.232. The standard InChI is InChI=1S/C7H5O.Bi/c8-6-7-4-2-1-3-5-7;/h1-5H;. The first kappa shape index (κ1) is 6.89. The molecule has 0 N–H and O–H groups in total. The molecule has 9 heavy (non-hydrogen) atoms. The molecule has 0 unspecified atom stereocenters. The third-order valence-corrected chi connectivity index (χ3v) is 2.02. The van der Waals surface area contributed by atoms with E-state index in [9.17, 15) is 4.79 Å². The zero-order valence-corrected chi connectivity index (χ0v) is 8.22. The van der Waals surface area contributed by atoms with E-state index in [0.29, 0.717) is 0 Å². The summed E-state index contributed by atoms with van der Waals surface area (Å²) in [4.78, 5) is 10.7. The van der Waals surface area contributed by atoms with Gasteiger partial charge in [-0.15, -0.1) is 0 Å². The fourth-order valence-electron chi connectivity index (χ4n) is 0.581. The minimum atomic E-state index is 0.232. The third kappa shape index (κ3) is 1.87. The Morgan fingerprint density at radius 3 is 2.11 bits per heavy atom. The maximum absolute atomic E-state index is 10.7. The molecule has 44 valence electrons. The Labute approximate surface area is 68.9 Å². The van der Waals surface area contributed by atoms with Gasteiger partial charge < -0.3 is 0 Å². The van der Waals surface area contributed by atoms with Gasteiger partial charge in [-0.3, -0.25) is 0 Å². The van der Waals surface area contributed by atoms with Gasteiger partial charge in [0.1, 0.15) is 0 Å². The molecule has 0 fully saturated rings. The van der Waals surface area contributed by atoms with E-state index < -0.39 is 0 Å². The van der Waals surface area contributed by atoms with Crippen LogP contribution in [0.5, 0.6) is 0 Å². The van der Waals surface area contributed by atoms with Gasteiger partial charge in [-0.1, -0.05) is 0 Å². The number of rotatable bonds is 1. The van der Waals surface area contributed by atoms with Crippen LogP contribution in [0.1, 0.15) is 10.4 Å². The number of benzene rings is 1. The Kier molecular flexibility index (Phi) is 2.35. The molecule has 0 aliphatic heterocycles. The average Bonchev–Trinajstić information content (AvgIpc) is 1.90. The van der Waals surface area contributed by atoms with Crippen LogP contribution in [0.15, 0.2) is 30.3 Å². The number of hydrogen-bond acceptors (Lipinski definition) is 1. The van der Waals surface area contributed by atoms with Gasteiger partial charge in [-0.25, -0.2) is 0 Å². The summed E-state index contributed by atoms with van der Waals surface area (Å²) in [5.41, 5.74) is 0.825. The van der Waals surface area contributed by atoms with Gasteiger partial charge >= 0.3 is 68.9 Å². The van der Waals surface area contributed by atoms with Gasteiger partial charge in [-0.2, -0.15) is 0 Å². The zero-order valence-electron chi connectivity index (χ0n) is 4.74. The van der Waals surface area contributed by atoms with Crippen LogP contribution in [0.25, 0.3) is 0 Å². The molecule has 0 heterocycles. The Balaban J connectivity index is 2.98. The van der Waals surface area contributed by atoms with Gasteiger partial charge in [0, 0.05) is 0 Å². The average molecular weight is 314 g/mol. The molecule has 0 aliphatic carbocycles. The van der Waals surface area contributed by atoms with Crippen LogP contribution in [-0.4, -0.2) is 28.2 Å². The van der Waals surface area contributed by atoms with Crippen molar-refractivity contribution in [1.82, 2.24) is 0 Å². The summed E-state index contributed by atoms with van der Waals surface area (Å²) < 4.78 is 0.232. The van der Waals surface area contributed by atoms with Crippen molar-refractivity contribution in [3.63, 3.8) is 0 Å². The molecule has 1 nitrogen and oxygen atoms in total. The van der Waals surface area contributed by atoms with Gasteiger partial charge in [-0.05, 0) is 0 Å². The van der Waals surface area contributed by atoms with Crippen molar-refractivity contribution in [2.24, 2.45) is 0 Å². The molecule has 0 atom stereocenters. The third-order valence-electron chi connectivity index (χ3n) is 1.02. The van der Waals surface area contributed by atoms with E-state index in [4.69, 9.17) is 0 Å². The predicted octanol–water partition coefficient (Wildman–Crippen LogP) is 0.995. The second-order valence-corrected chi connectivity index (χ2v) is 3.25. The van der Waals surface area contributed by atoms with Crippen molar-refractivity contribution < 1.29 is 4.79 Å². The SMILES string of the molecule is O=[C]([Bi])c1ccccc1. The molecule has 0 spiro atoms. The quantitative estimate of drug-likeness (QED) is 0.707. The van der Waals surface area contributed by atoms with Gasteiger partial charge in [0.15, 0.2) is 0 Å². The fraction of sp³-hybridized carbons (Fsp3) is 0. The molecule has 0 aromatic heterocycles. The number of hydrogen-bond donors (Lipinski definition) is 0. The summed E-state index contributed by atoms with van der Waals surface area (Å²) in [6.07, 6.45) is 0. The van der Waals surface area contributed by atoms with Gasteiger partial charge in [0.2, 0.25) is 0 Å². The Morgan fingerprint density at radius 1 is 1.22 bits per heavy atom. The van der Waals surface area contributed by atoms with Crippen LogP contribution < -0.4 is 0 Å². The van der Waals surface area contributed by atoms with E-state index >= 15 is 0 Å². The molecule has 0 aliphatic rings. The Hall–Kier alpha value is -0.227. The molecule has 2 radical (unpaired) electrons. The van der Waals surface area contributed by atoms with Crippen molar-refractivity contribution in [2.75, 3.05) is 0 Å². The van der Waals surface area contributed by atoms with Crippen molar-refractivity contribution in [3.8, 4) is 0 Å². The fourth-order valence-corrected chi connectivity index (χ4v) is 1.16. The molecule has 0 saturated heterocycles. The first-order valence-electron chi connectivity index (χ1n) is 2.59. The van der Waals surface area contributed by atoms with Crippen LogP contribution in [0.2, 0.25) is 0 Å². The number of carbonyl (C=O) groups excluding carboxylic acids is 1. The Bertz CT molecular complexity index is 205. The maximum atomic E-state index is 10.7. The predicted molar refractivity (Wildman–Crippen MR) is 36.5 cm³/mol. The van der Waals surface area contributed by atoms with Crippen LogP contribution in [0.4, 0.5) is 0 Å². The molecular formula is C7H5BiO. The van der Waals surface area contributed by atoms with E-state index in [1.165, 1.54) is 0 Å². The van der Waals surface area contributed by atoms with E-state index in [2.05, 4.69) is 0 Å². The molecule has 1 rings (SSSR count). The van der Waals surface area contributed by atoms with Crippen molar-refractivity contribution in [3.05, 3.63) is 35.9 Å². The topological polar surface area (TPSA) is 17.1 Å².